The van der Waals surface area contributed by atoms with Gasteiger partial charge in [-0.15, -0.1) is 0 Å². The maximum Gasteiger partial charge on any atom is 0.262 e. The molecule has 5 heterocycles. The van der Waals surface area contributed by atoms with Crippen LogP contribution >= 0.6 is 11.6 Å². The molecule has 14 nitrogen and oxygen atoms in total. The molecule has 1 aromatic heterocycles. The summed E-state index contributed by atoms with van der Waals surface area (Å²) in [6.07, 6.45) is 7.18. The average molecular weight is 793 g/mol. The van der Waals surface area contributed by atoms with Crippen LogP contribution in [0.2, 0.25) is 5.02 Å². The number of hydrogen-bond acceptors (Lipinski definition) is 11. The molecule has 1 unspecified atom stereocenters. The lowest BCUT2D eigenvalue weighted by Gasteiger charge is -2.40. The number of halogens is 1. The molecule has 3 saturated heterocycles. The number of anilines is 3. The van der Waals surface area contributed by atoms with Crippen molar-refractivity contribution in [2.24, 2.45) is 11.8 Å². The second-order valence-electron chi connectivity index (χ2n) is 15.6. The van der Waals surface area contributed by atoms with Crippen LogP contribution in [-0.2, 0) is 14.4 Å². The zero-order chi connectivity index (χ0) is 39.6. The molecule has 296 valence electrons. The van der Waals surface area contributed by atoms with Crippen molar-refractivity contribution < 1.29 is 28.7 Å². The number of benzene rings is 2. The molecule has 1 saturated carbocycles. The quantitative estimate of drug-likeness (QED) is 0.290. The van der Waals surface area contributed by atoms with E-state index < -0.39 is 29.7 Å². The molecule has 3 aromatic rings. The predicted octanol–water partition coefficient (Wildman–Crippen LogP) is 4.62. The van der Waals surface area contributed by atoms with Gasteiger partial charge >= 0.3 is 0 Å². The first-order chi connectivity index (χ1) is 27.6. The van der Waals surface area contributed by atoms with Gasteiger partial charge in [0.1, 0.15) is 23.7 Å². The van der Waals surface area contributed by atoms with Crippen LogP contribution in [0.1, 0.15) is 77.6 Å². The topological polar surface area (TPSA) is 168 Å². The molecule has 0 spiro atoms. The fraction of sp³-hybridized carbons (Fsp3) is 0.452. The van der Waals surface area contributed by atoms with Crippen LogP contribution in [-0.4, -0.2) is 102 Å². The van der Waals surface area contributed by atoms with Gasteiger partial charge in [-0.25, -0.2) is 4.98 Å². The maximum atomic E-state index is 13.3. The van der Waals surface area contributed by atoms with Crippen LogP contribution in [0.4, 0.5) is 17.2 Å². The average Bonchev–Trinajstić information content (AvgIpc) is 3.47. The summed E-state index contributed by atoms with van der Waals surface area (Å²) < 4.78 is 6.07. The van der Waals surface area contributed by atoms with Crippen molar-refractivity contribution in [1.82, 2.24) is 20.1 Å². The van der Waals surface area contributed by atoms with Crippen molar-refractivity contribution in [3.63, 3.8) is 0 Å². The molecule has 1 atom stereocenters. The van der Waals surface area contributed by atoms with Crippen LogP contribution in [0.3, 0.4) is 0 Å². The highest BCUT2D eigenvalue weighted by atomic mass is 35.5. The van der Waals surface area contributed by atoms with E-state index in [-0.39, 0.29) is 30.8 Å². The molecule has 2 aromatic carbocycles. The molecule has 0 bridgehead atoms. The van der Waals surface area contributed by atoms with Gasteiger partial charge in [0.2, 0.25) is 17.7 Å². The molecular formula is C42H45ClN8O6. The zero-order valence-electron chi connectivity index (χ0n) is 31.6. The van der Waals surface area contributed by atoms with Crippen molar-refractivity contribution in [2.75, 3.05) is 60.9 Å². The number of pyridine rings is 1. The van der Waals surface area contributed by atoms with Gasteiger partial charge in [-0.2, -0.15) is 5.26 Å². The summed E-state index contributed by atoms with van der Waals surface area (Å²) in [4.78, 5) is 76.2. The minimum atomic E-state index is -0.973. The molecule has 2 N–H and O–H groups in total. The second-order valence-corrected chi connectivity index (χ2v) is 16.0. The monoisotopic (exact) mass is 792 g/mol. The highest BCUT2D eigenvalue weighted by molar-refractivity contribution is 6.31. The summed E-state index contributed by atoms with van der Waals surface area (Å²) in [7, 11) is 0. The van der Waals surface area contributed by atoms with E-state index in [0.29, 0.717) is 39.2 Å². The number of carbonyl (C=O) groups excluding carboxylic acids is 5. The van der Waals surface area contributed by atoms with E-state index in [4.69, 9.17) is 21.6 Å². The van der Waals surface area contributed by atoms with Crippen LogP contribution in [0.25, 0.3) is 0 Å². The molecule has 1 aliphatic carbocycles. The minimum absolute atomic E-state index is 0.000923. The van der Waals surface area contributed by atoms with Crippen molar-refractivity contribution in [3.8, 4) is 11.8 Å². The number of nitrogens with one attached hydrogen (secondary N) is 2. The molecule has 8 rings (SSSR count). The first-order valence-corrected chi connectivity index (χ1v) is 20.2. The molecule has 15 heteroatoms. The zero-order valence-corrected chi connectivity index (χ0v) is 32.4. The normalized spacial score (nSPS) is 23.2. The number of amides is 5. The molecule has 0 radical (unpaired) electrons. The Bertz CT molecular complexity index is 2100. The lowest BCUT2D eigenvalue weighted by Crippen LogP contribution is -2.54. The molecule has 4 fully saturated rings. The van der Waals surface area contributed by atoms with E-state index in [1.54, 1.807) is 30.3 Å². The summed E-state index contributed by atoms with van der Waals surface area (Å²) in [5.74, 6) is -0.325. The van der Waals surface area contributed by atoms with Gasteiger partial charge in [-0.05, 0) is 93.3 Å². The fourth-order valence-electron chi connectivity index (χ4n) is 8.75. The van der Waals surface area contributed by atoms with Gasteiger partial charge in [0.05, 0.1) is 39.7 Å². The summed E-state index contributed by atoms with van der Waals surface area (Å²) >= 11 is 6.15. The van der Waals surface area contributed by atoms with Crippen molar-refractivity contribution in [3.05, 3.63) is 76.4 Å². The molecular weight excluding hydrogens is 748 g/mol. The number of carbonyl (C=O) groups is 5. The number of nitrogens with zero attached hydrogens (tertiary/aromatic N) is 6. The number of aromatic nitrogens is 1. The van der Waals surface area contributed by atoms with Crippen LogP contribution in [0.15, 0.2) is 54.7 Å². The highest BCUT2D eigenvalue weighted by Gasteiger charge is 2.45. The van der Waals surface area contributed by atoms with Gasteiger partial charge < -0.3 is 19.9 Å². The minimum Gasteiger partial charge on any atom is -0.490 e. The summed E-state index contributed by atoms with van der Waals surface area (Å²) in [5, 5.41) is 14.7. The van der Waals surface area contributed by atoms with Gasteiger partial charge in [0, 0.05) is 69.9 Å². The maximum absolute atomic E-state index is 13.3. The summed E-state index contributed by atoms with van der Waals surface area (Å²) in [5.41, 5.74) is 2.95. The van der Waals surface area contributed by atoms with E-state index in [9.17, 15) is 24.0 Å². The lowest BCUT2D eigenvalue weighted by molar-refractivity contribution is -0.136. The van der Waals surface area contributed by atoms with Gasteiger partial charge in [0.25, 0.3) is 11.8 Å². The molecule has 5 amide bonds. The number of ether oxygens (including phenoxy) is 1. The van der Waals surface area contributed by atoms with Crippen LogP contribution in [0, 0.1) is 23.2 Å². The van der Waals surface area contributed by atoms with Gasteiger partial charge in [0.15, 0.2) is 0 Å². The predicted molar refractivity (Wildman–Crippen MR) is 212 cm³/mol. The third-order valence-corrected chi connectivity index (χ3v) is 12.4. The van der Waals surface area contributed by atoms with Crippen molar-refractivity contribution >= 4 is 58.3 Å². The van der Waals surface area contributed by atoms with E-state index in [1.807, 2.05) is 24.4 Å². The fourth-order valence-corrected chi connectivity index (χ4v) is 8.97. The van der Waals surface area contributed by atoms with E-state index in [1.165, 1.54) is 0 Å². The molecule has 5 aliphatic rings. The third-order valence-electron chi connectivity index (χ3n) is 12.1. The highest BCUT2D eigenvalue weighted by Crippen LogP contribution is 2.33. The Balaban J connectivity index is 0.751. The number of piperidine rings is 2. The Labute approximate surface area is 336 Å². The smallest absolute Gasteiger partial charge is 0.262 e. The Hall–Kier alpha value is -5.52. The Morgan fingerprint density at radius 3 is 2.25 bits per heavy atom. The first-order valence-electron chi connectivity index (χ1n) is 19.8. The van der Waals surface area contributed by atoms with Crippen LogP contribution in [0.5, 0.6) is 5.75 Å². The van der Waals surface area contributed by atoms with E-state index >= 15 is 0 Å². The first kappa shape index (κ1) is 38.4. The SMILES string of the molecule is N#Cc1ccc(O[C@H]2CC[C@H](C(=O)Nc3ccc(N4CCC(CN5CCN(c6ccc7c(c6)C(=O)N(C6CCC(=O)NC6=O)C7=O)CC5)CC4)cn3)CC2)cc1Cl. The Kier molecular flexibility index (Phi) is 11.1. The standard InChI is InChI=1S/C42H45ClN8O6/c43-35-22-32(8-3-28(35)23-44)57-31-6-1-27(2-7-31)39(53)46-37-11-5-30(24-45-37)49-15-13-26(14-16-49)25-48-17-19-50(20-18-48)29-4-9-33-34(21-29)42(56)51(41(33)55)36-10-12-38(52)47-40(36)54/h3-5,8-9,11,21-22,24,26-27,31,36H,1-2,6-7,10,12-20,25H2,(H,45,46,53)(H,47,52,54)/t27-,31-,36?. The van der Waals surface area contributed by atoms with Crippen molar-refractivity contribution in [2.45, 2.75) is 63.5 Å². The van der Waals surface area contributed by atoms with Crippen molar-refractivity contribution in [1.29, 1.82) is 5.26 Å². The van der Waals surface area contributed by atoms with Gasteiger partial charge in [-0.3, -0.25) is 39.1 Å². The molecule has 4 aliphatic heterocycles. The molecule has 57 heavy (non-hydrogen) atoms. The van der Waals surface area contributed by atoms with Crippen LogP contribution < -0.4 is 25.2 Å². The second kappa shape index (κ2) is 16.5. The Morgan fingerprint density at radius 1 is 0.842 bits per heavy atom. The van der Waals surface area contributed by atoms with E-state index in [2.05, 4.69) is 36.4 Å². The van der Waals surface area contributed by atoms with Gasteiger partial charge in [-0.1, -0.05) is 11.6 Å². The number of fused-ring (bicyclic) bond motifs is 1. The Morgan fingerprint density at radius 2 is 1.56 bits per heavy atom. The number of imide groups is 2. The number of nitriles is 1. The largest absolute Gasteiger partial charge is 0.490 e. The number of rotatable bonds is 9. The van der Waals surface area contributed by atoms with E-state index in [0.717, 1.165) is 101 Å². The third kappa shape index (κ3) is 8.31. The summed E-state index contributed by atoms with van der Waals surface area (Å²) in [6.45, 7) is 6.30. The number of hydrogen-bond donors (Lipinski definition) is 2. The lowest BCUT2D eigenvalue weighted by atomic mass is 9.86. The number of piperazine rings is 1. The summed E-state index contributed by atoms with van der Waals surface area (Å²) in [6, 6.07) is 15.4.